The van der Waals surface area contributed by atoms with Crippen molar-refractivity contribution in [2.45, 2.75) is 37.2 Å². The number of carbonyl (C=O) groups excluding carboxylic acids is 1. The average molecular weight is 421 g/mol. The summed E-state index contributed by atoms with van der Waals surface area (Å²) in [6.45, 7) is 2.22. The van der Waals surface area contributed by atoms with Gasteiger partial charge in [-0.25, -0.2) is 8.42 Å². The molecule has 154 valence electrons. The molecule has 1 heterocycles. The molecule has 0 radical (unpaired) electrons. The number of hydrogen-bond donors (Lipinski definition) is 1. The van der Waals surface area contributed by atoms with Crippen LogP contribution in [0.3, 0.4) is 0 Å². The quantitative estimate of drug-likeness (QED) is 0.678. The number of rotatable bonds is 5. The molecule has 0 saturated carbocycles. The van der Waals surface area contributed by atoms with Gasteiger partial charge in [-0.2, -0.15) is 4.31 Å². The first-order valence-electron chi connectivity index (χ1n) is 10.0. The SMILES string of the molecule is CCc1cccc(NC(=O)[C@H]2Cc3ccccc3CN2S(=O)(=O)c2ccccc2)c1. The van der Waals surface area contributed by atoms with Crippen molar-refractivity contribution in [3.8, 4) is 0 Å². The molecule has 1 amide bonds. The van der Waals surface area contributed by atoms with Crippen molar-refractivity contribution in [3.05, 3.63) is 95.6 Å². The zero-order chi connectivity index (χ0) is 21.1. The van der Waals surface area contributed by atoms with Gasteiger partial charge in [0.15, 0.2) is 0 Å². The lowest BCUT2D eigenvalue weighted by atomic mass is 9.95. The maximum atomic E-state index is 13.4. The number of sulfonamides is 1. The van der Waals surface area contributed by atoms with E-state index in [9.17, 15) is 13.2 Å². The van der Waals surface area contributed by atoms with Gasteiger partial charge in [0.25, 0.3) is 0 Å². The van der Waals surface area contributed by atoms with Crippen LogP contribution in [0.4, 0.5) is 5.69 Å². The first-order valence-corrected chi connectivity index (χ1v) is 11.5. The van der Waals surface area contributed by atoms with Crippen LogP contribution >= 0.6 is 0 Å². The van der Waals surface area contributed by atoms with Gasteiger partial charge in [-0.05, 0) is 53.8 Å². The number of hydrogen-bond acceptors (Lipinski definition) is 3. The van der Waals surface area contributed by atoms with Crippen LogP contribution < -0.4 is 5.32 Å². The predicted octanol–water partition coefficient (Wildman–Crippen LogP) is 4.00. The molecular weight excluding hydrogens is 396 g/mol. The minimum Gasteiger partial charge on any atom is -0.325 e. The van der Waals surface area contributed by atoms with E-state index in [1.54, 1.807) is 30.3 Å². The lowest BCUT2D eigenvalue weighted by molar-refractivity contribution is -0.120. The second kappa shape index (κ2) is 8.42. The minimum absolute atomic E-state index is 0.167. The number of nitrogens with one attached hydrogen (secondary N) is 1. The molecule has 4 rings (SSSR count). The lowest BCUT2D eigenvalue weighted by Gasteiger charge is -2.35. The Hall–Kier alpha value is -2.96. The van der Waals surface area contributed by atoms with E-state index in [4.69, 9.17) is 0 Å². The molecule has 3 aromatic rings. The van der Waals surface area contributed by atoms with Crippen LogP contribution in [-0.4, -0.2) is 24.7 Å². The number of nitrogens with zero attached hydrogens (tertiary/aromatic N) is 1. The van der Waals surface area contributed by atoms with Crippen LogP contribution in [0.2, 0.25) is 0 Å². The summed E-state index contributed by atoms with van der Waals surface area (Å²) in [7, 11) is -3.83. The Balaban J connectivity index is 1.70. The molecule has 0 bridgehead atoms. The van der Waals surface area contributed by atoms with Crippen LogP contribution in [-0.2, 0) is 34.2 Å². The zero-order valence-electron chi connectivity index (χ0n) is 16.8. The van der Waals surface area contributed by atoms with Gasteiger partial charge in [-0.1, -0.05) is 61.5 Å². The summed E-state index contributed by atoms with van der Waals surface area (Å²) in [5, 5.41) is 2.93. The van der Waals surface area contributed by atoms with Crippen molar-refractivity contribution < 1.29 is 13.2 Å². The molecule has 0 unspecified atom stereocenters. The maximum absolute atomic E-state index is 13.4. The van der Waals surface area contributed by atoms with E-state index in [1.807, 2.05) is 55.5 Å². The topological polar surface area (TPSA) is 66.5 Å². The zero-order valence-corrected chi connectivity index (χ0v) is 17.6. The van der Waals surface area contributed by atoms with E-state index in [2.05, 4.69) is 5.32 Å². The predicted molar refractivity (Wildman–Crippen MR) is 118 cm³/mol. The van der Waals surface area contributed by atoms with Crippen molar-refractivity contribution in [3.63, 3.8) is 0 Å². The highest BCUT2D eigenvalue weighted by atomic mass is 32.2. The van der Waals surface area contributed by atoms with Crippen molar-refractivity contribution in [2.75, 3.05) is 5.32 Å². The Morgan fingerprint density at radius 3 is 2.40 bits per heavy atom. The minimum atomic E-state index is -3.83. The fourth-order valence-corrected chi connectivity index (χ4v) is 5.38. The van der Waals surface area contributed by atoms with Crippen molar-refractivity contribution in [2.24, 2.45) is 0 Å². The summed E-state index contributed by atoms with van der Waals surface area (Å²) < 4.78 is 28.1. The summed E-state index contributed by atoms with van der Waals surface area (Å²) in [5.41, 5.74) is 3.71. The molecule has 0 fully saturated rings. The Kier molecular flexibility index (Phi) is 5.70. The van der Waals surface area contributed by atoms with Gasteiger partial charge in [-0.15, -0.1) is 0 Å². The summed E-state index contributed by atoms with van der Waals surface area (Å²) >= 11 is 0. The molecule has 5 nitrogen and oxygen atoms in total. The Bertz CT molecular complexity index is 1160. The molecule has 6 heteroatoms. The highest BCUT2D eigenvalue weighted by Crippen LogP contribution is 2.29. The maximum Gasteiger partial charge on any atom is 0.244 e. The van der Waals surface area contributed by atoms with E-state index in [0.29, 0.717) is 12.1 Å². The molecule has 3 aromatic carbocycles. The van der Waals surface area contributed by atoms with Crippen LogP contribution in [0.5, 0.6) is 0 Å². The van der Waals surface area contributed by atoms with Gasteiger partial charge in [0.2, 0.25) is 15.9 Å². The first-order chi connectivity index (χ1) is 14.5. The first kappa shape index (κ1) is 20.3. The summed E-state index contributed by atoms with van der Waals surface area (Å²) in [5.74, 6) is -0.322. The molecule has 0 saturated heterocycles. The normalized spacial score (nSPS) is 16.6. The Morgan fingerprint density at radius 1 is 0.967 bits per heavy atom. The van der Waals surface area contributed by atoms with Crippen LogP contribution in [0.25, 0.3) is 0 Å². The molecule has 1 N–H and O–H groups in total. The van der Waals surface area contributed by atoms with E-state index >= 15 is 0 Å². The van der Waals surface area contributed by atoms with Gasteiger partial charge in [0.1, 0.15) is 6.04 Å². The third kappa shape index (κ3) is 4.01. The smallest absolute Gasteiger partial charge is 0.244 e. The number of aryl methyl sites for hydroxylation is 1. The number of amides is 1. The summed E-state index contributed by atoms with van der Waals surface area (Å²) in [6, 6.07) is 22.8. The van der Waals surface area contributed by atoms with Gasteiger partial charge < -0.3 is 5.32 Å². The second-order valence-corrected chi connectivity index (χ2v) is 9.29. The molecule has 1 aliphatic heterocycles. The van der Waals surface area contributed by atoms with Crippen molar-refractivity contribution >= 4 is 21.6 Å². The molecule has 0 aromatic heterocycles. The highest BCUT2D eigenvalue weighted by molar-refractivity contribution is 7.89. The molecular formula is C24H24N2O3S. The van der Waals surface area contributed by atoms with Gasteiger partial charge in [0, 0.05) is 12.2 Å². The molecule has 1 atom stereocenters. The molecule has 0 aliphatic carbocycles. The van der Waals surface area contributed by atoms with E-state index in [-0.39, 0.29) is 17.3 Å². The van der Waals surface area contributed by atoms with Gasteiger partial charge in [-0.3, -0.25) is 4.79 Å². The number of fused-ring (bicyclic) bond motifs is 1. The van der Waals surface area contributed by atoms with Crippen LogP contribution in [0.15, 0.2) is 83.8 Å². The monoisotopic (exact) mass is 420 g/mol. The third-order valence-electron chi connectivity index (χ3n) is 5.46. The summed E-state index contributed by atoms with van der Waals surface area (Å²) in [6.07, 6.45) is 1.19. The van der Waals surface area contributed by atoms with Crippen molar-refractivity contribution in [1.82, 2.24) is 4.31 Å². The molecule has 0 spiro atoms. The van der Waals surface area contributed by atoms with E-state index in [0.717, 1.165) is 23.1 Å². The average Bonchev–Trinajstić information content (AvgIpc) is 2.79. The molecule has 1 aliphatic rings. The largest absolute Gasteiger partial charge is 0.325 e. The number of carbonyl (C=O) groups is 1. The standard InChI is InChI=1S/C24H24N2O3S/c1-2-18-9-8-12-21(15-18)25-24(27)23-16-19-10-6-7-11-20(19)17-26(23)30(28,29)22-13-4-3-5-14-22/h3-15,23H,2,16-17H2,1H3,(H,25,27)/t23-/m1/s1. The van der Waals surface area contributed by atoms with Crippen LogP contribution in [0.1, 0.15) is 23.6 Å². The van der Waals surface area contributed by atoms with Gasteiger partial charge >= 0.3 is 0 Å². The summed E-state index contributed by atoms with van der Waals surface area (Å²) in [4.78, 5) is 13.4. The lowest BCUT2D eigenvalue weighted by Crippen LogP contribution is -2.50. The van der Waals surface area contributed by atoms with Gasteiger partial charge in [0.05, 0.1) is 4.90 Å². The third-order valence-corrected chi connectivity index (χ3v) is 7.33. The van der Waals surface area contributed by atoms with E-state index < -0.39 is 16.1 Å². The molecule has 30 heavy (non-hydrogen) atoms. The number of anilines is 1. The second-order valence-electron chi connectivity index (χ2n) is 7.40. The highest BCUT2D eigenvalue weighted by Gasteiger charge is 2.39. The van der Waals surface area contributed by atoms with Crippen LogP contribution in [0, 0.1) is 0 Å². The fourth-order valence-electron chi connectivity index (χ4n) is 3.80. The Labute approximate surface area is 177 Å². The van der Waals surface area contributed by atoms with E-state index in [1.165, 1.54) is 4.31 Å². The Morgan fingerprint density at radius 2 is 1.67 bits per heavy atom. The number of benzene rings is 3. The fraction of sp³-hybridized carbons (Fsp3) is 0.208. The van der Waals surface area contributed by atoms with Crippen molar-refractivity contribution in [1.29, 1.82) is 0 Å².